The minimum atomic E-state index is -0.582. The van der Waals surface area contributed by atoms with Crippen LogP contribution >= 0.6 is 0 Å². The first kappa shape index (κ1) is 13.9. The third-order valence-corrected chi connectivity index (χ3v) is 2.53. The molecule has 2 heterocycles. The molecule has 0 saturated carbocycles. The summed E-state index contributed by atoms with van der Waals surface area (Å²) < 4.78 is 6.77. The van der Waals surface area contributed by atoms with E-state index in [-0.39, 0.29) is 5.69 Å². The van der Waals surface area contributed by atoms with Crippen molar-refractivity contribution in [2.75, 3.05) is 19.0 Å². The second-order valence-electron chi connectivity index (χ2n) is 3.92. The van der Waals surface area contributed by atoms with Gasteiger partial charge >= 0.3 is 0 Å². The predicted octanol–water partition coefficient (Wildman–Crippen LogP) is 0.339. The number of hydrogen-bond donors (Lipinski definition) is 2. The lowest BCUT2D eigenvalue weighted by atomic mass is 10.4. The van der Waals surface area contributed by atoms with Crippen LogP contribution in [0.5, 0.6) is 0 Å². The average Bonchev–Trinajstić information content (AvgIpc) is 2.94. The zero-order chi connectivity index (χ0) is 14.5. The number of hydrogen-bond acceptors (Lipinski definition) is 6. The van der Waals surface area contributed by atoms with E-state index in [9.17, 15) is 4.79 Å². The van der Waals surface area contributed by atoms with Crippen LogP contribution in [0.3, 0.4) is 0 Å². The molecule has 0 aliphatic rings. The fourth-order valence-electron chi connectivity index (χ4n) is 1.57. The molecule has 2 aromatic rings. The van der Waals surface area contributed by atoms with Crippen LogP contribution in [0.2, 0.25) is 0 Å². The molecule has 0 aliphatic heterocycles. The van der Waals surface area contributed by atoms with E-state index in [4.69, 9.17) is 10.5 Å². The highest BCUT2D eigenvalue weighted by Gasteiger charge is 2.09. The largest absolute Gasteiger partial charge is 0.374 e. The lowest BCUT2D eigenvalue weighted by molar-refractivity contribution is 0.0995. The van der Waals surface area contributed by atoms with Gasteiger partial charge < -0.3 is 15.8 Å². The van der Waals surface area contributed by atoms with Crippen molar-refractivity contribution < 1.29 is 9.53 Å². The summed E-state index contributed by atoms with van der Waals surface area (Å²) in [4.78, 5) is 19.7. The highest BCUT2D eigenvalue weighted by Crippen LogP contribution is 2.11. The van der Waals surface area contributed by atoms with Crippen LogP contribution in [0.25, 0.3) is 5.82 Å². The Morgan fingerprint density at radius 2 is 2.30 bits per heavy atom. The molecular formula is C12H16N6O2. The van der Waals surface area contributed by atoms with Gasteiger partial charge in [-0.05, 0) is 13.0 Å². The number of ether oxygens (including phenoxy) is 1. The van der Waals surface area contributed by atoms with E-state index in [1.165, 1.54) is 10.7 Å². The van der Waals surface area contributed by atoms with Crippen LogP contribution in [0, 0.1) is 0 Å². The minimum Gasteiger partial charge on any atom is -0.374 e. The van der Waals surface area contributed by atoms with Gasteiger partial charge in [-0.3, -0.25) is 4.79 Å². The molecule has 1 amide bonds. The van der Waals surface area contributed by atoms with Gasteiger partial charge in [-0.25, -0.2) is 14.6 Å². The molecule has 0 aromatic carbocycles. The third-order valence-electron chi connectivity index (χ3n) is 2.53. The predicted molar refractivity (Wildman–Crippen MR) is 72.5 cm³/mol. The standard InChI is InChI=1S/C12H16N6O2/c1-3-20-7-10-15-9(14-2)6-11(16-10)18-5-4-8(17-18)12(13)19/h4-6H,3,7H2,1-2H3,(H2,13,19)(H,14,15,16). The van der Waals surface area contributed by atoms with E-state index in [1.807, 2.05) is 6.92 Å². The van der Waals surface area contributed by atoms with Gasteiger partial charge in [0.1, 0.15) is 18.1 Å². The molecule has 8 heteroatoms. The van der Waals surface area contributed by atoms with Crippen LogP contribution in [-0.4, -0.2) is 39.3 Å². The highest BCUT2D eigenvalue weighted by atomic mass is 16.5. The van der Waals surface area contributed by atoms with Crippen molar-refractivity contribution in [3.63, 3.8) is 0 Å². The Morgan fingerprint density at radius 1 is 1.50 bits per heavy atom. The summed E-state index contributed by atoms with van der Waals surface area (Å²) in [6.07, 6.45) is 1.62. The maximum atomic E-state index is 11.1. The van der Waals surface area contributed by atoms with Crippen molar-refractivity contribution >= 4 is 11.7 Å². The molecule has 0 saturated heterocycles. The zero-order valence-corrected chi connectivity index (χ0v) is 11.3. The zero-order valence-electron chi connectivity index (χ0n) is 11.3. The van der Waals surface area contributed by atoms with E-state index < -0.39 is 5.91 Å². The molecule has 0 unspecified atom stereocenters. The van der Waals surface area contributed by atoms with Crippen molar-refractivity contribution in [3.05, 3.63) is 29.8 Å². The summed E-state index contributed by atoms with van der Waals surface area (Å²) in [6.45, 7) is 2.79. The summed E-state index contributed by atoms with van der Waals surface area (Å²) >= 11 is 0. The molecule has 0 spiro atoms. The number of nitrogens with two attached hydrogens (primary N) is 1. The van der Waals surface area contributed by atoms with E-state index in [2.05, 4.69) is 20.4 Å². The van der Waals surface area contributed by atoms with E-state index in [0.717, 1.165) is 0 Å². The van der Waals surface area contributed by atoms with Crippen LogP contribution in [0.1, 0.15) is 23.2 Å². The van der Waals surface area contributed by atoms with Crippen molar-refractivity contribution in [1.82, 2.24) is 19.7 Å². The van der Waals surface area contributed by atoms with Crippen LogP contribution in [-0.2, 0) is 11.3 Å². The number of carbonyl (C=O) groups is 1. The number of anilines is 1. The minimum absolute atomic E-state index is 0.181. The molecule has 20 heavy (non-hydrogen) atoms. The molecule has 0 radical (unpaired) electrons. The molecular weight excluding hydrogens is 260 g/mol. The van der Waals surface area contributed by atoms with Gasteiger partial charge in [0.05, 0.1) is 0 Å². The molecule has 0 atom stereocenters. The first-order valence-corrected chi connectivity index (χ1v) is 6.13. The number of carbonyl (C=O) groups excluding carboxylic acids is 1. The van der Waals surface area contributed by atoms with Crippen molar-refractivity contribution in [2.45, 2.75) is 13.5 Å². The van der Waals surface area contributed by atoms with Gasteiger partial charge in [0.2, 0.25) is 0 Å². The fraction of sp³-hybridized carbons (Fsp3) is 0.333. The summed E-state index contributed by atoms with van der Waals surface area (Å²) in [6, 6.07) is 3.25. The second kappa shape index (κ2) is 6.11. The maximum Gasteiger partial charge on any atom is 0.269 e. The molecule has 3 N–H and O–H groups in total. The Hall–Kier alpha value is -2.48. The van der Waals surface area contributed by atoms with Gasteiger partial charge in [-0.2, -0.15) is 5.10 Å². The Bertz CT molecular complexity index is 610. The maximum absolute atomic E-state index is 11.1. The second-order valence-corrected chi connectivity index (χ2v) is 3.92. The molecule has 106 valence electrons. The smallest absolute Gasteiger partial charge is 0.269 e. The van der Waals surface area contributed by atoms with E-state index >= 15 is 0 Å². The third kappa shape index (κ3) is 3.09. The van der Waals surface area contributed by atoms with Crippen molar-refractivity contribution in [3.8, 4) is 5.82 Å². The number of nitrogens with one attached hydrogen (secondary N) is 1. The molecule has 8 nitrogen and oxygen atoms in total. The number of aromatic nitrogens is 4. The number of amides is 1. The topological polar surface area (TPSA) is 108 Å². The monoisotopic (exact) mass is 276 g/mol. The number of nitrogens with zero attached hydrogens (tertiary/aromatic N) is 4. The quantitative estimate of drug-likeness (QED) is 0.787. The van der Waals surface area contributed by atoms with Gasteiger partial charge in [0, 0.05) is 25.9 Å². The highest BCUT2D eigenvalue weighted by molar-refractivity contribution is 5.90. The summed E-state index contributed by atoms with van der Waals surface area (Å²) in [5.74, 6) is 1.12. The first-order chi connectivity index (χ1) is 9.63. The lowest BCUT2D eigenvalue weighted by Crippen LogP contribution is -2.13. The van der Waals surface area contributed by atoms with Crippen LogP contribution in [0.4, 0.5) is 5.82 Å². The first-order valence-electron chi connectivity index (χ1n) is 6.13. The summed E-state index contributed by atoms with van der Waals surface area (Å²) in [5, 5.41) is 7.00. The molecule has 0 fully saturated rings. The molecule has 2 rings (SSSR count). The van der Waals surface area contributed by atoms with Crippen LogP contribution < -0.4 is 11.1 Å². The van der Waals surface area contributed by atoms with Gasteiger partial charge in [0.25, 0.3) is 5.91 Å². The van der Waals surface area contributed by atoms with Crippen molar-refractivity contribution in [2.24, 2.45) is 5.73 Å². The van der Waals surface area contributed by atoms with E-state index in [0.29, 0.717) is 30.7 Å². The Labute approximate surface area is 116 Å². The molecule has 0 aliphatic carbocycles. The Balaban J connectivity index is 2.35. The average molecular weight is 276 g/mol. The fourth-order valence-corrected chi connectivity index (χ4v) is 1.57. The number of primary amides is 1. The Morgan fingerprint density at radius 3 is 2.90 bits per heavy atom. The lowest BCUT2D eigenvalue weighted by Gasteiger charge is -2.07. The molecule has 0 bridgehead atoms. The van der Waals surface area contributed by atoms with Crippen LogP contribution in [0.15, 0.2) is 18.3 Å². The summed E-state index contributed by atoms with van der Waals surface area (Å²) in [7, 11) is 1.76. The van der Waals surface area contributed by atoms with Crippen molar-refractivity contribution in [1.29, 1.82) is 0 Å². The van der Waals surface area contributed by atoms with E-state index in [1.54, 1.807) is 19.3 Å². The molecule has 2 aromatic heterocycles. The number of rotatable bonds is 6. The van der Waals surface area contributed by atoms with Gasteiger partial charge in [0.15, 0.2) is 11.6 Å². The van der Waals surface area contributed by atoms with Gasteiger partial charge in [-0.1, -0.05) is 0 Å². The summed E-state index contributed by atoms with van der Waals surface area (Å²) in [5.41, 5.74) is 5.36. The normalized spacial score (nSPS) is 10.5. The SMILES string of the molecule is CCOCc1nc(NC)cc(-n2ccc(C(N)=O)n2)n1. The van der Waals surface area contributed by atoms with Gasteiger partial charge in [-0.15, -0.1) is 0 Å². The Kier molecular flexibility index (Phi) is 4.26.